The highest BCUT2D eigenvalue weighted by Crippen LogP contribution is 2.39. The van der Waals surface area contributed by atoms with Gasteiger partial charge in [-0.05, 0) is 25.7 Å². The van der Waals surface area contributed by atoms with Gasteiger partial charge >= 0.3 is 0 Å². The highest BCUT2D eigenvalue weighted by atomic mass is 32.2. The van der Waals surface area contributed by atoms with Gasteiger partial charge in [0.2, 0.25) is 17.0 Å². The minimum absolute atomic E-state index is 0.168. The van der Waals surface area contributed by atoms with Crippen LogP contribution >= 0.6 is 11.8 Å². The van der Waals surface area contributed by atoms with Crippen LogP contribution in [0.4, 0.5) is 5.95 Å². The Morgan fingerprint density at radius 3 is 3.00 bits per heavy atom. The van der Waals surface area contributed by atoms with E-state index in [1.165, 1.54) is 11.8 Å². The number of rotatable bonds is 5. The van der Waals surface area contributed by atoms with Crippen molar-refractivity contribution in [3.05, 3.63) is 0 Å². The molecular weight excluding hydrogens is 252 g/mol. The zero-order valence-corrected chi connectivity index (χ0v) is 10.8. The van der Waals surface area contributed by atoms with Crippen molar-refractivity contribution in [1.82, 2.24) is 20.5 Å². The fourth-order valence-corrected chi connectivity index (χ4v) is 2.27. The molecular formula is C10H14N6OS. The third-order valence-corrected chi connectivity index (χ3v) is 3.69. The fourth-order valence-electron chi connectivity index (χ4n) is 1.66. The molecule has 18 heavy (non-hydrogen) atoms. The second kappa shape index (κ2) is 4.86. The SMILES string of the molecule is CC(C#N)(NC(=O)CSc1n[nH]c(N)n1)C1CC1. The molecule has 1 heterocycles. The molecule has 4 N–H and O–H groups in total. The Morgan fingerprint density at radius 2 is 2.50 bits per heavy atom. The number of amides is 1. The quantitative estimate of drug-likeness (QED) is 0.659. The van der Waals surface area contributed by atoms with E-state index in [1.54, 1.807) is 6.92 Å². The van der Waals surface area contributed by atoms with Crippen molar-refractivity contribution in [2.45, 2.75) is 30.5 Å². The first-order valence-electron chi connectivity index (χ1n) is 5.56. The van der Waals surface area contributed by atoms with Gasteiger partial charge in [-0.2, -0.15) is 10.2 Å². The van der Waals surface area contributed by atoms with Crippen molar-refractivity contribution in [3.8, 4) is 6.07 Å². The van der Waals surface area contributed by atoms with E-state index in [4.69, 9.17) is 11.0 Å². The van der Waals surface area contributed by atoms with Crippen molar-refractivity contribution in [2.75, 3.05) is 11.5 Å². The summed E-state index contributed by atoms with van der Waals surface area (Å²) >= 11 is 1.18. The van der Waals surface area contributed by atoms with Crippen LogP contribution in [-0.2, 0) is 4.79 Å². The number of aromatic amines is 1. The van der Waals surface area contributed by atoms with Gasteiger partial charge in [0.15, 0.2) is 0 Å². The molecule has 0 aromatic carbocycles. The lowest BCUT2D eigenvalue weighted by Crippen LogP contribution is -2.47. The number of carbonyl (C=O) groups excluding carboxylic acids is 1. The summed E-state index contributed by atoms with van der Waals surface area (Å²) in [6.07, 6.45) is 1.99. The van der Waals surface area contributed by atoms with E-state index in [0.29, 0.717) is 5.16 Å². The van der Waals surface area contributed by atoms with Crippen LogP contribution in [-0.4, -0.2) is 32.4 Å². The number of hydrogen-bond acceptors (Lipinski definition) is 6. The van der Waals surface area contributed by atoms with Crippen molar-refractivity contribution in [1.29, 1.82) is 5.26 Å². The summed E-state index contributed by atoms with van der Waals surface area (Å²) in [5.41, 5.74) is 4.62. The first-order chi connectivity index (χ1) is 8.53. The number of nitriles is 1. The number of nitrogen functional groups attached to an aromatic ring is 1. The van der Waals surface area contributed by atoms with Crippen LogP contribution in [0.15, 0.2) is 5.16 Å². The number of aromatic nitrogens is 3. The van der Waals surface area contributed by atoms with Crippen LogP contribution < -0.4 is 11.1 Å². The Morgan fingerprint density at radius 1 is 1.78 bits per heavy atom. The second-order valence-electron chi connectivity index (χ2n) is 4.43. The van der Waals surface area contributed by atoms with E-state index in [0.717, 1.165) is 12.8 Å². The predicted molar refractivity (Wildman–Crippen MR) is 66.4 cm³/mol. The summed E-state index contributed by atoms with van der Waals surface area (Å²) in [5, 5.41) is 18.6. The molecule has 1 fully saturated rings. The number of carbonyl (C=O) groups is 1. The molecule has 96 valence electrons. The van der Waals surface area contributed by atoms with Crippen LogP contribution in [0, 0.1) is 17.2 Å². The zero-order valence-electron chi connectivity index (χ0n) is 9.93. The Kier molecular flexibility index (Phi) is 3.43. The van der Waals surface area contributed by atoms with Gasteiger partial charge in [-0.15, -0.1) is 5.10 Å². The third-order valence-electron chi connectivity index (χ3n) is 2.84. The van der Waals surface area contributed by atoms with Gasteiger partial charge in [0, 0.05) is 0 Å². The Hall–Kier alpha value is -1.75. The molecule has 0 aliphatic heterocycles. The van der Waals surface area contributed by atoms with E-state index in [2.05, 4.69) is 26.6 Å². The Labute approximate surface area is 109 Å². The van der Waals surface area contributed by atoms with Gasteiger partial charge < -0.3 is 11.1 Å². The lowest BCUT2D eigenvalue weighted by Gasteiger charge is -2.22. The molecule has 1 aliphatic carbocycles. The molecule has 2 rings (SSSR count). The molecule has 1 unspecified atom stereocenters. The molecule has 1 aromatic heterocycles. The van der Waals surface area contributed by atoms with Gasteiger partial charge in [-0.1, -0.05) is 11.8 Å². The van der Waals surface area contributed by atoms with Crippen LogP contribution in [0.2, 0.25) is 0 Å². The molecule has 1 aromatic rings. The minimum atomic E-state index is -0.754. The minimum Gasteiger partial charge on any atom is -0.368 e. The number of nitrogens with two attached hydrogens (primary N) is 1. The van der Waals surface area contributed by atoms with E-state index in [1.807, 2.05) is 0 Å². The number of nitrogens with zero attached hydrogens (tertiary/aromatic N) is 3. The summed E-state index contributed by atoms with van der Waals surface area (Å²) in [7, 11) is 0. The standard InChI is InChI=1S/C10H14N6OS/c1-10(5-11,6-2-3-6)14-7(17)4-18-9-13-8(12)15-16-9/h6H,2-4H2,1H3,(H,14,17)(H3,12,13,15,16). The highest BCUT2D eigenvalue weighted by Gasteiger charge is 2.42. The normalized spacial score (nSPS) is 17.8. The van der Waals surface area contributed by atoms with Crippen molar-refractivity contribution < 1.29 is 4.79 Å². The molecule has 0 saturated heterocycles. The number of nitrogens with one attached hydrogen (secondary N) is 2. The van der Waals surface area contributed by atoms with Gasteiger partial charge in [-0.3, -0.25) is 4.79 Å². The van der Waals surface area contributed by atoms with Gasteiger partial charge in [0.25, 0.3) is 0 Å². The summed E-state index contributed by atoms with van der Waals surface area (Å²) in [6.45, 7) is 1.76. The molecule has 1 atom stereocenters. The summed E-state index contributed by atoms with van der Waals surface area (Å²) in [4.78, 5) is 15.6. The molecule has 0 radical (unpaired) electrons. The van der Waals surface area contributed by atoms with Gasteiger partial charge in [-0.25, -0.2) is 5.10 Å². The Balaban J connectivity index is 1.83. The monoisotopic (exact) mass is 266 g/mol. The maximum Gasteiger partial charge on any atom is 0.231 e. The van der Waals surface area contributed by atoms with Gasteiger partial charge in [0.05, 0.1) is 11.8 Å². The van der Waals surface area contributed by atoms with Crippen LogP contribution in [0.1, 0.15) is 19.8 Å². The maximum atomic E-state index is 11.7. The van der Waals surface area contributed by atoms with Crippen LogP contribution in [0.5, 0.6) is 0 Å². The molecule has 8 heteroatoms. The van der Waals surface area contributed by atoms with E-state index >= 15 is 0 Å². The Bertz CT molecular complexity index is 491. The van der Waals surface area contributed by atoms with Crippen molar-refractivity contribution in [2.24, 2.45) is 5.92 Å². The topological polar surface area (TPSA) is 120 Å². The number of hydrogen-bond donors (Lipinski definition) is 3. The smallest absolute Gasteiger partial charge is 0.231 e. The molecule has 1 aliphatic rings. The first-order valence-corrected chi connectivity index (χ1v) is 6.55. The number of thioether (sulfide) groups is 1. The number of anilines is 1. The molecule has 1 amide bonds. The maximum absolute atomic E-state index is 11.7. The molecule has 0 spiro atoms. The van der Waals surface area contributed by atoms with E-state index < -0.39 is 5.54 Å². The summed E-state index contributed by atoms with van der Waals surface area (Å²) in [5.74, 6) is 0.467. The lowest BCUT2D eigenvalue weighted by atomic mass is 9.98. The van der Waals surface area contributed by atoms with Crippen molar-refractivity contribution in [3.63, 3.8) is 0 Å². The third kappa shape index (κ3) is 2.92. The lowest BCUT2D eigenvalue weighted by molar-refractivity contribution is -0.119. The van der Waals surface area contributed by atoms with Crippen LogP contribution in [0.3, 0.4) is 0 Å². The van der Waals surface area contributed by atoms with E-state index in [9.17, 15) is 4.79 Å². The largest absolute Gasteiger partial charge is 0.368 e. The average Bonchev–Trinajstić information content (AvgIpc) is 3.11. The van der Waals surface area contributed by atoms with Gasteiger partial charge in [0.1, 0.15) is 5.54 Å². The fraction of sp³-hybridized carbons (Fsp3) is 0.600. The molecule has 7 nitrogen and oxygen atoms in total. The van der Waals surface area contributed by atoms with Crippen LogP contribution in [0.25, 0.3) is 0 Å². The van der Waals surface area contributed by atoms with Crippen molar-refractivity contribution >= 4 is 23.6 Å². The summed E-state index contributed by atoms with van der Waals surface area (Å²) < 4.78 is 0. The zero-order chi connectivity index (χ0) is 13.2. The predicted octanol–water partition coefficient (Wildman–Crippen LogP) is 0.287. The highest BCUT2D eigenvalue weighted by molar-refractivity contribution is 7.99. The molecule has 0 bridgehead atoms. The van der Waals surface area contributed by atoms with E-state index in [-0.39, 0.29) is 23.5 Å². The first kappa shape index (κ1) is 12.7. The average molecular weight is 266 g/mol. The molecule has 1 saturated carbocycles. The second-order valence-corrected chi connectivity index (χ2v) is 5.37. The number of H-pyrrole nitrogens is 1. The summed E-state index contributed by atoms with van der Waals surface area (Å²) in [6, 6.07) is 2.17.